The molecule has 1 heterocycles. The molecular formula is C13H12ClN3O. The van der Waals surface area contributed by atoms with Crippen molar-refractivity contribution in [3.05, 3.63) is 52.4 Å². The standard InChI is InChI=1S/C13H12ClN3O/c1-8-4-3-5-10(9(8)2)13(18)17-12-7-15-6-11(14)16-12/h3-7H,1-2H3,(H,16,17,18). The number of hydrogen-bond donors (Lipinski definition) is 1. The fraction of sp³-hybridized carbons (Fsp3) is 0.154. The maximum atomic E-state index is 12.1. The van der Waals surface area contributed by atoms with E-state index >= 15 is 0 Å². The first kappa shape index (κ1) is 12.5. The van der Waals surface area contributed by atoms with Crippen LogP contribution >= 0.6 is 11.6 Å². The first-order valence-electron chi connectivity index (χ1n) is 5.43. The Bertz CT molecular complexity index is 599. The average Bonchev–Trinajstić information content (AvgIpc) is 2.32. The predicted molar refractivity (Wildman–Crippen MR) is 70.9 cm³/mol. The molecule has 0 spiro atoms. The van der Waals surface area contributed by atoms with Gasteiger partial charge in [0.25, 0.3) is 5.91 Å². The number of carbonyl (C=O) groups is 1. The second kappa shape index (κ2) is 5.14. The van der Waals surface area contributed by atoms with Crippen LogP contribution < -0.4 is 5.32 Å². The van der Waals surface area contributed by atoms with Gasteiger partial charge in [-0.2, -0.15) is 0 Å². The first-order valence-corrected chi connectivity index (χ1v) is 5.81. The van der Waals surface area contributed by atoms with Gasteiger partial charge in [0.2, 0.25) is 0 Å². The van der Waals surface area contributed by atoms with E-state index < -0.39 is 0 Å². The molecule has 0 atom stereocenters. The largest absolute Gasteiger partial charge is 0.305 e. The normalized spacial score (nSPS) is 10.2. The van der Waals surface area contributed by atoms with Gasteiger partial charge in [-0.25, -0.2) is 4.98 Å². The van der Waals surface area contributed by atoms with Gasteiger partial charge in [0.05, 0.1) is 12.4 Å². The van der Waals surface area contributed by atoms with Crippen LogP contribution in [0.3, 0.4) is 0 Å². The molecule has 0 aliphatic heterocycles. The number of halogens is 1. The molecule has 1 aromatic carbocycles. The minimum Gasteiger partial charge on any atom is -0.305 e. The van der Waals surface area contributed by atoms with E-state index in [1.54, 1.807) is 6.07 Å². The number of nitrogens with zero attached hydrogens (tertiary/aromatic N) is 2. The maximum Gasteiger partial charge on any atom is 0.257 e. The zero-order valence-corrected chi connectivity index (χ0v) is 10.8. The molecule has 0 unspecified atom stereocenters. The predicted octanol–water partition coefficient (Wildman–Crippen LogP) is 3.00. The molecular weight excluding hydrogens is 250 g/mol. The fourth-order valence-corrected chi connectivity index (χ4v) is 1.73. The van der Waals surface area contributed by atoms with Crippen molar-refractivity contribution in [1.82, 2.24) is 9.97 Å². The molecule has 0 saturated heterocycles. The molecule has 4 nitrogen and oxygen atoms in total. The van der Waals surface area contributed by atoms with Crippen LogP contribution in [0.15, 0.2) is 30.6 Å². The molecule has 0 radical (unpaired) electrons. The lowest BCUT2D eigenvalue weighted by Crippen LogP contribution is -2.15. The van der Waals surface area contributed by atoms with Crippen LogP contribution in [0.25, 0.3) is 0 Å². The SMILES string of the molecule is Cc1cccc(C(=O)Nc2cncc(Cl)n2)c1C. The topological polar surface area (TPSA) is 54.9 Å². The van der Waals surface area contributed by atoms with Gasteiger partial charge < -0.3 is 5.32 Å². The van der Waals surface area contributed by atoms with Gasteiger partial charge in [0, 0.05) is 5.56 Å². The maximum absolute atomic E-state index is 12.1. The number of amides is 1. The Morgan fingerprint density at radius 2 is 2.06 bits per heavy atom. The zero-order chi connectivity index (χ0) is 13.1. The highest BCUT2D eigenvalue weighted by molar-refractivity contribution is 6.29. The number of hydrogen-bond acceptors (Lipinski definition) is 3. The molecule has 1 aromatic heterocycles. The van der Waals surface area contributed by atoms with E-state index in [9.17, 15) is 4.79 Å². The first-order chi connectivity index (χ1) is 8.58. The lowest BCUT2D eigenvalue weighted by atomic mass is 10.0. The number of aryl methyl sites for hydroxylation is 1. The average molecular weight is 262 g/mol. The number of benzene rings is 1. The fourth-order valence-electron chi connectivity index (χ4n) is 1.58. The van der Waals surface area contributed by atoms with Crippen LogP contribution in [-0.2, 0) is 0 Å². The molecule has 0 aliphatic rings. The number of nitrogens with one attached hydrogen (secondary N) is 1. The monoisotopic (exact) mass is 261 g/mol. The Balaban J connectivity index is 2.25. The van der Waals surface area contributed by atoms with E-state index in [2.05, 4.69) is 15.3 Å². The third-order valence-corrected chi connectivity index (χ3v) is 2.88. The lowest BCUT2D eigenvalue weighted by Gasteiger charge is -2.08. The molecule has 0 saturated carbocycles. The van der Waals surface area contributed by atoms with Gasteiger partial charge in [0.15, 0.2) is 5.82 Å². The van der Waals surface area contributed by atoms with Crippen molar-refractivity contribution in [3.8, 4) is 0 Å². The second-order valence-corrected chi connectivity index (χ2v) is 4.32. The molecule has 0 fully saturated rings. The van der Waals surface area contributed by atoms with E-state index in [0.29, 0.717) is 11.4 Å². The molecule has 18 heavy (non-hydrogen) atoms. The van der Waals surface area contributed by atoms with Gasteiger partial charge in [-0.15, -0.1) is 0 Å². The Morgan fingerprint density at radius 3 is 2.78 bits per heavy atom. The van der Waals surface area contributed by atoms with Crippen molar-refractivity contribution in [1.29, 1.82) is 0 Å². The van der Waals surface area contributed by atoms with E-state index in [0.717, 1.165) is 11.1 Å². The summed E-state index contributed by atoms with van der Waals surface area (Å²) in [7, 11) is 0. The quantitative estimate of drug-likeness (QED) is 0.904. The van der Waals surface area contributed by atoms with Gasteiger partial charge in [-0.1, -0.05) is 23.7 Å². The van der Waals surface area contributed by atoms with E-state index in [1.165, 1.54) is 12.4 Å². The summed E-state index contributed by atoms with van der Waals surface area (Å²) >= 11 is 5.71. The molecule has 2 aromatic rings. The van der Waals surface area contributed by atoms with E-state index in [1.807, 2.05) is 26.0 Å². The van der Waals surface area contributed by atoms with Gasteiger partial charge in [-0.05, 0) is 31.0 Å². The van der Waals surface area contributed by atoms with Crippen LogP contribution in [0, 0.1) is 13.8 Å². The summed E-state index contributed by atoms with van der Waals surface area (Å²) in [6.07, 6.45) is 2.87. The highest BCUT2D eigenvalue weighted by Crippen LogP contribution is 2.15. The Morgan fingerprint density at radius 1 is 1.28 bits per heavy atom. The van der Waals surface area contributed by atoms with Crippen molar-refractivity contribution >= 4 is 23.3 Å². The van der Waals surface area contributed by atoms with E-state index in [4.69, 9.17) is 11.6 Å². The zero-order valence-electron chi connectivity index (χ0n) is 10.1. The third kappa shape index (κ3) is 2.65. The summed E-state index contributed by atoms with van der Waals surface area (Å²) < 4.78 is 0. The van der Waals surface area contributed by atoms with Crippen molar-refractivity contribution in [3.63, 3.8) is 0 Å². The Kier molecular flexibility index (Phi) is 3.58. The molecule has 1 amide bonds. The van der Waals surface area contributed by atoms with Crippen molar-refractivity contribution in [2.45, 2.75) is 13.8 Å². The number of anilines is 1. The van der Waals surface area contributed by atoms with Crippen LogP contribution in [0.1, 0.15) is 21.5 Å². The Hall–Kier alpha value is -1.94. The number of aromatic nitrogens is 2. The third-order valence-electron chi connectivity index (χ3n) is 2.70. The number of carbonyl (C=O) groups excluding carboxylic acids is 1. The summed E-state index contributed by atoms with van der Waals surface area (Å²) in [4.78, 5) is 19.9. The highest BCUT2D eigenvalue weighted by atomic mass is 35.5. The van der Waals surface area contributed by atoms with Crippen molar-refractivity contribution < 1.29 is 4.79 Å². The summed E-state index contributed by atoms with van der Waals surface area (Å²) in [5, 5.41) is 2.91. The summed E-state index contributed by atoms with van der Waals surface area (Å²) in [6.45, 7) is 3.87. The minimum atomic E-state index is -0.215. The minimum absolute atomic E-state index is 0.215. The van der Waals surface area contributed by atoms with Crippen molar-refractivity contribution in [2.75, 3.05) is 5.32 Å². The van der Waals surface area contributed by atoms with Crippen LogP contribution in [0.4, 0.5) is 5.82 Å². The summed E-state index contributed by atoms with van der Waals surface area (Å²) in [6, 6.07) is 5.59. The molecule has 2 rings (SSSR count). The van der Waals surface area contributed by atoms with E-state index in [-0.39, 0.29) is 11.1 Å². The smallest absolute Gasteiger partial charge is 0.257 e. The molecule has 92 valence electrons. The lowest BCUT2D eigenvalue weighted by molar-refractivity contribution is 0.102. The second-order valence-electron chi connectivity index (χ2n) is 3.93. The Labute approximate surface area is 110 Å². The molecule has 0 bridgehead atoms. The summed E-state index contributed by atoms with van der Waals surface area (Å²) in [5.74, 6) is 0.126. The number of rotatable bonds is 2. The molecule has 1 N–H and O–H groups in total. The van der Waals surface area contributed by atoms with Gasteiger partial charge >= 0.3 is 0 Å². The van der Waals surface area contributed by atoms with Crippen LogP contribution in [0.5, 0.6) is 0 Å². The molecule has 5 heteroatoms. The van der Waals surface area contributed by atoms with Crippen LogP contribution in [0.2, 0.25) is 5.15 Å². The summed E-state index contributed by atoms with van der Waals surface area (Å²) in [5.41, 5.74) is 2.64. The van der Waals surface area contributed by atoms with Crippen molar-refractivity contribution in [2.24, 2.45) is 0 Å². The van der Waals surface area contributed by atoms with Crippen LogP contribution in [-0.4, -0.2) is 15.9 Å². The van der Waals surface area contributed by atoms with Gasteiger partial charge in [-0.3, -0.25) is 9.78 Å². The highest BCUT2D eigenvalue weighted by Gasteiger charge is 2.11. The van der Waals surface area contributed by atoms with Gasteiger partial charge in [0.1, 0.15) is 5.15 Å². The molecule has 0 aliphatic carbocycles.